The van der Waals surface area contributed by atoms with Gasteiger partial charge in [-0.05, 0) is 44.0 Å². The number of rotatable bonds is 6. The number of ether oxygens (including phenoxy) is 1. The van der Waals surface area contributed by atoms with Gasteiger partial charge < -0.3 is 19.9 Å². The Labute approximate surface area is 170 Å². The summed E-state index contributed by atoms with van der Waals surface area (Å²) in [5, 5.41) is 2.92. The van der Waals surface area contributed by atoms with Crippen molar-refractivity contribution in [3.63, 3.8) is 0 Å². The van der Waals surface area contributed by atoms with Gasteiger partial charge in [-0.2, -0.15) is 0 Å². The molecule has 1 aromatic carbocycles. The van der Waals surface area contributed by atoms with Gasteiger partial charge in [-0.1, -0.05) is 18.2 Å². The number of piperazine rings is 1. The summed E-state index contributed by atoms with van der Waals surface area (Å²) in [6, 6.07) is 13.2. The molecule has 0 atom stereocenters. The first-order chi connectivity index (χ1) is 14.1. The molecule has 0 radical (unpaired) electrons. The van der Waals surface area contributed by atoms with Crippen LogP contribution in [0, 0.1) is 5.41 Å². The summed E-state index contributed by atoms with van der Waals surface area (Å²) in [7, 11) is 0. The van der Waals surface area contributed by atoms with E-state index in [0.29, 0.717) is 57.1 Å². The third kappa shape index (κ3) is 3.90. The molecular weight excluding hydrogens is 368 g/mol. The Balaban J connectivity index is 1.39. The predicted octanol–water partition coefficient (Wildman–Crippen LogP) is 2.55. The zero-order chi connectivity index (χ0) is 20.3. The molecule has 4 rings (SSSR count). The molecule has 1 aliphatic heterocycles. The van der Waals surface area contributed by atoms with Crippen LogP contribution in [-0.2, 0) is 9.59 Å². The molecule has 2 aromatic rings. The molecule has 7 nitrogen and oxygen atoms in total. The van der Waals surface area contributed by atoms with Crippen LogP contribution >= 0.6 is 0 Å². The zero-order valence-corrected chi connectivity index (χ0v) is 16.6. The van der Waals surface area contributed by atoms with E-state index < -0.39 is 5.41 Å². The van der Waals surface area contributed by atoms with Crippen molar-refractivity contribution in [2.45, 2.75) is 19.8 Å². The number of hydrogen-bond donors (Lipinski definition) is 1. The van der Waals surface area contributed by atoms with Crippen LogP contribution in [-0.4, -0.2) is 54.5 Å². The lowest BCUT2D eigenvalue weighted by molar-refractivity contribution is -0.142. The lowest BCUT2D eigenvalue weighted by atomic mass is 10.0. The fourth-order valence-corrected chi connectivity index (χ4v) is 3.74. The van der Waals surface area contributed by atoms with Gasteiger partial charge in [0.1, 0.15) is 17.0 Å². The SMILES string of the molecule is CCOc1ccccc1NC(=O)C1(C(=O)N2CCN(c3ccccn3)CC2)CC1. The monoisotopic (exact) mass is 394 g/mol. The molecule has 1 saturated carbocycles. The molecule has 152 valence electrons. The van der Waals surface area contributed by atoms with Crippen LogP contribution in [0.25, 0.3) is 0 Å². The van der Waals surface area contributed by atoms with Gasteiger partial charge in [0.05, 0.1) is 12.3 Å². The Kier molecular flexibility index (Phi) is 5.38. The molecule has 1 N–H and O–H groups in total. The summed E-state index contributed by atoms with van der Waals surface area (Å²) in [6.07, 6.45) is 2.96. The maximum atomic E-state index is 13.2. The molecule has 0 bridgehead atoms. The average Bonchev–Trinajstić information content (AvgIpc) is 3.58. The van der Waals surface area contributed by atoms with Crippen LogP contribution < -0.4 is 15.0 Å². The normalized spacial score (nSPS) is 17.6. The lowest BCUT2D eigenvalue weighted by Gasteiger charge is -2.36. The van der Waals surface area contributed by atoms with Crippen molar-refractivity contribution < 1.29 is 14.3 Å². The molecule has 0 unspecified atom stereocenters. The van der Waals surface area contributed by atoms with Gasteiger partial charge in [-0.25, -0.2) is 4.98 Å². The highest BCUT2D eigenvalue weighted by Crippen LogP contribution is 2.48. The summed E-state index contributed by atoms with van der Waals surface area (Å²) >= 11 is 0. The third-order valence-corrected chi connectivity index (χ3v) is 5.57. The topological polar surface area (TPSA) is 74.8 Å². The zero-order valence-electron chi connectivity index (χ0n) is 16.6. The number of pyridine rings is 1. The minimum absolute atomic E-state index is 0.0652. The Morgan fingerprint density at radius 3 is 2.45 bits per heavy atom. The highest BCUT2D eigenvalue weighted by molar-refractivity contribution is 6.13. The van der Waals surface area contributed by atoms with Crippen LogP contribution in [0.5, 0.6) is 5.75 Å². The van der Waals surface area contributed by atoms with Crippen LogP contribution in [0.1, 0.15) is 19.8 Å². The fourth-order valence-electron chi connectivity index (χ4n) is 3.74. The van der Waals surface area contributed by atoms with Crippen molar-refractivity contribution in [3.8, 4) is 5.75 Å². The number of carbonyl (C=O) groups excluding carboxylic acids is 2. The molecule has 2 aliphatic rings. The van der Waals surface area contributed by atoms with Gasteiger partial charge in [0.15, 0.2) is 0 Å². The van der Waals surface area contributed by atoms with Crippen molar-refractivity contribution >= 4 is 23.3 Å². The van der Waals surface area contributed by atoms with E-state index in [1.807, 2.05) is 48.2 Å². The lowest BCUT2D eigenvalue weighted by Crippen LogP contribution is -2.52. The number of carbonyl (C=O) groups is 2. The number of benzene rings is 1. The van der Waals surface area contributed by atoms with Gasteiger partial charge in [0.25, 0.3) is 0 Å². The number of anilines is 2. The molecule has 7 heteroatoms. The second-order valence-electron chi connectivity index (χ2n) is 7.43. The molecule has 2 amide bonds. The second-order valence-corrected chi connectivity index (χ2v) is 7.43. The first-order valence-electron chi connectivity index (χ1n) is 10.1. The van der Waals surface area contributed by atoms with E-state index in [1.165, 1.54) is 0 Å². The minimum Gasteiger partial charge on any atom is -0.492 e. The smallest absolute Gasteiger partial charge is 0.240 e. The Morgan fingerprint density at radius 2 is 1.79 bits per heavy atom. The number of hydrogen-bond acceptors (Lipinski definition) is 5. The van der Waals surface area contributed by atoms with Gasteiger partial charge >= 0.3 is 0 Å². The number of nitrogens with zero attached hydrogens (tertiary/aromatic N) is 3. The number of nitrogens with one attached hydrogen (secondary N) is 1. The van der Waals surface area contributed by atoms with Crippen LogP contribution in [0.4, 0.5) is 11.5 Å². The van der Waals surface area contributed by atoms with Gasteiger partial charge in [0.2, 0.25) is 11.8 Å². The maximum Gasteiger partial charge on any atom is 0.240 e. The van der Waals surface area contributed by atoms with Gasteiger partial charge in [-0.15, -0.1) is 0 Å². The second kappa shape index (κ2) is 8.11. The van der Waals surface area contributed by atoms with Crippen molar-refractivity contribution in [2.24, 2.45) is 5.41 Å². The minimum atomic E-state index is -0.938. The van der Waals surface area contributed by atoms with E-state index in [-0.39, 0.29) is 11.8 Å². The summed E-state index contributed by atoms with van der Waals surface area (Å²) in [4.78, 5) is 34.5. The molecule has 1 saturated heterocycles. The Morgan fingerprint density at radius 1 is 1.07 bits per heavy atom. The predicted molar refractivity (Wildman–Crippen MR) is 111 cm³/mol. The summed E-state index contributed by atoms with van der Waals surface area (Å²) in [6.45, 7) is 5.04. The van der Waals surface area contributed by atoms with E-state index in [0.717, 1.165) is 5.82 Å². The fraction of sp³-hybridized carbons (Fsp3) is 0.409. The summed E-state index contributed by atoms with van der Waals surface area (Å²) < 4.78 is 5.58. The summed E-state index contributed by atoms with van der Waals surface area (Å²) in [5.41, 5.74) is -0.328. The number of amides is 2. The highest BCUT2D eigenvalue weighted by atomic mass is 16.5. The first-order valence-corrected chi connectivity index (χ1v) is 10.1. The van der Waals surface area contributed by atoms with Crippen molar-refractivity contribution in [3.05, 3.63) is 48.7 Å². The van der Waals surface area contributed by atoms with Crippen molar-refractivity contribution in [1.82, 2.24) is 9.88 Å². The number of para-hydroxylation sites is 2. The molecule has 29 heavy (non-hydrogen) atoms. The van der Waals surface area contributed by atoms with Crippen molar-refractivity contribution in [1.29, 1.82) is 0 Å². The van der Waals surface area contributed by atoms with E-state index >= 15 is 0 Å². The van der Waals surface area contributed by atoms with E-state index in [1.54, 1.807) is 12.3 Å². The third-order valence-electron chi connectivity index (χ3n) is 5.57. The Bertz CT molecular complexity index is 875. The molecule has 1 aromatic heterocycles. The highest BCUT2D eigenvalue weighted by Gasteiger charge is 2.58. The molecule has 0 spiro atoms. The summed E-state index contributed by atoms with van der Waals surface area (Å²) in [5.74, 6) is 1.24. The Hall–Kier alpha value is -3.09. The molecular formula is C22H26N4O3. The van der Waals surface area contributed by atoms with Crippen LogP contribution in [0.3, 0.4) is 0 Å². The first kappa shape index (κ1) is 19.2. The molecule has 1 aliphatic carbocycles. The quantitative estimate of drug-likeness (QED) is 0.762. The van der Waals surface area contributed by atoms with E-state index in [4.69, 9.17) is 4.74 Å². The van der Waals surface area contributed by atoms with Crippen molar-refractivity contribution in [2.75, 3.05) is 43.0 Å². The maximum absolute atomic E-state index is 13.2. The largest absolute Gasteiger partial charge is 0.492 e. The van der Waals surface area contributed by atoms with Crippen LogP contribution in [0.2, 0.25) is 0 Å². The molecule has 2 heterocycles. The van der Waals surface area contributed by atoms with Crippen LogP contribution in [0.15, 0.2) is 48.7 Å². The van der Waals surface area contributed by atoms with Gasteiger partial charge in [-0.3, -0.25) is 9.59 Å². The molecule has 2 fully saturated rings. The van der Waals surface area contributed by atoms with E-state index in [2.05, 4.69) is 15.2 Å². The standard InChI is InChI=1S/C22H26N4O3/c1-2-29-18-8-4-3-7-17(18)24-20(27)22(10-11-22)21(28)26-15-13-25(14-16-26)19-9-5-6-12-23-19/h3-9,12H,2,10-11,13-16H2,1H3,(H,24,27). The van der Waals surface area contributed by atoms with E-state index in [9.17, 15) is 9.59 Å². The number of aromatic nitrogens is 1. The average molecular weight is 394 g/mol. The van der Waals surface area contributed by atoms with Gasteiger partial charge in [0, 0.05) is 32.4 Å².